The average Bonchev–Trinajstić information content (AvgIpc) is 2.39. The lowest BCUT2D eigenvalue weighted by molar-refractivity contribution is 0.0103. The monoisotopic (exact) mass is 246 g/mol. The molecule has 18 heavy (non-hydrogen) atoms. The zero-order valence-corrected chi connectivity index (χ0v) is 10.8. The molecule has 1 N–H and O–H groups in total. The molecule has 0 bridgehead atoms. The maximum absolute atomic E-state index is 9.43. The van der Waals surface area contributed by atoms with E-state index in [1.165, 1.54) is 0 Å². The fraction of sp³-hybridized carbons (Fsp3) is 0.500. The van der Waals surface area contributed by atoms with Crippen molar-refractivity contribution < 1.29 is 9.47 Å². The summed E-state index contributed by atoms with van der Waals surface area (Å²) in [7, 11) is 1.64. The van der Waals surface area contributed by atoms with Crippen LogP contribution in [-0.2, 0) is 4.74 Å². The van der Waals surface area contributed by atoms with Crippen molar-refractivity contribution in [2.45, 2.75) is 31.4 Å². The predicted molar refractivity (Wildman–Crippen MR) is 69.6 cm³/mol. The Morgan fingerprint density at radius 3 is 2.72 bits per heavy atom. The minimum atomic E-state index is -0.522. The average molecular weight is 246 g/mol. The number of methoxy groups -OCH3 is 1. The van der Waals surface area contributed by atoms with E-state index in [0.29, 0.717) is 19.4 Å². The van der Waals surface area contributed by atoms with Gasteiger partial charge in [0.25, 0.3) is 0 Å². The molecule has 0 spiro atoms. The predicted octanol–water partition coefficient (Wildman–Crippen LogP) is 2.57. The number of benzene rings is 1. The molecular formula is C14H18N2O2. The minimum absolute atomic E-state index is 0.115. The second-order valence-electron chi connectivity index (χ2n) is 4.68. The van der Waals surface area contributed by atoms with E-state index in [1.807, 2.05) is 31.2 Å². The van der Waals surface area contributed by atoms with Crippen LogP contribution >= 0.6 is 0 Å². The van der Waals surface area contributed by atoms with Crippen molar-refractivity contribution in [3.63, 3.8) is 0 Å². The molecule has 1 aliphatic heterocycles. The van der Waals surface area contributed by atoms with Crippen molar-refractivity contribution in [1.29, 1.82) is 5.26 Å². The SMILES string of the molecule is COc1ccc(NC2(C#N)CCOC(C)C2)cc1. The molecule has 1 saturated heterocycles. The summed E-state index contributed by atoms with van der Waals surface area (Å²) in [5.74, 6) is 0.812. The van der Waals surface area contributed by atoms with Gasteiger partial charge < -0.3 is 14.8 Å². The normalized spacial score (nSPS) is 27.3. The third kappa shape index (κ3) is 2.74. The van der Waals surface area contributed by atoms with Gasteiger partial charge in [0.2, 0.25) is 0 Å². The summed E-state index contributed by atoms with van der Waals surface area (Å²) in [4.78, 5) is 0. The first kappa shape index (κ1) is 12.7. The topological polar surface area (TPSA) is 54.3 Å². The van der Waals surface area contributed by atoms with E-state index in [1.54, 1.807) is 7.11 Å². The van der Waals surface area contributed by atoms with Crippen LogP contribution in [0.4, 0.5) is 5.69 Å². The number of hydrogen-bond acceptors (Lipinski definition) is 4. The Kier molecular flexibility index (Phi) is 3.73. The molecule has 0 aromatic heterocycles. The molecule has 96 valence electrons. The van der Waals surface area contributed by atoms with Crippen molar-refractivity contribution in [2.75, 3.05) is 19.0 Å². The van der Waals surface area contributed by atoms with Gasteiger partial charge in [0.1, 0.15) is 11.3 Å². The van der Waals surface area contributed by atoms with Crippen LogP contribution in [0.25, 0.3) is 0 Å². The van der Waals surface area contributed by atoms with Crippen molar-refractivity contribution in [3.05, 3.63) is 24.3 Å². The van der Waals surface area contributed by atoms with Crippen LogP contribution in [0.1, 0.15) is 19.8 Å². The molecule has 4 heteroatoms. The maximum Gasteiger partial charge on any atom is 0.130 e. The number of ether oxygens (including phenoxy) is 2. The van der Waals surface area contributed by atoms with Gasteiger partial charge in [-0.15, -0.1) is 0 Å². The highest BCUT2D eigenvalue weighted by molar-refractivity contribution is 5.50. The summed E-state index contributed by atoms with van der Waals surface area (Å²) >= 11 is 0. The molecule has 1 fully saturated rings. The molecule has 0 radical (unpaired) electrons. The van der Waals surface area contributed by atoms with E-state index >= 15 is 0 Å². The molecule has 0 aliphatic carbocycles. The van der Waals surface area contributed by atoms with Gasteiger partial charge in [0.05, 0.1) is 25.9 Å². The third-order valence-corrected chi connectivity index (χ3v) is 3.25. The van der Waals surface area contributed by atoms with Crippen LogP contribution in [-0.4, -0.2) is 25.4 Å². The first-order valence-corrected chi connectivity index (χ1v) is 6.12. The van der Waals surface area contributed by atoms with Gasteiger partial charge in [-0.3, -0.25) is 0 Å². The molecular weight excluding hydrogens is 228 g/mol. The Morgan fingerprint density at radius 2 is 2.17 bits per heavy atom. The van der Waals surface area contributed by atoms with Gasteiger partial charge in [-0.1, -0.05) is 0 Å². The minimum Gasteiger partial charge on any atom is -0.497 e. The first-order valence-electron chi connectivity index (χ1n) is 6.12. The largest absolute Gasteiger partial charge is 0.497 e. The number of hydrogen-bond donors (Lipinski definition) is 1. The Labute approximate surface area is 108 Å². The highest BCUT2D eigenvalue weighted by Crippen LogP contribution is 2.29. The number of nitriles is 1. The van der Waals surface area contributed by atoms with Crippen LogP contribution in [0.3, 0.4) is 0 Å². The van der Waals surface area contributed by atoms with Gasteiger partial charge in [0, 0.05) is 18.5 Å². The van der Waals surface area contributed by atoms with E-state index in [-0.39, 0.29) is 6.10 Å². The quantitative estimate of drug-likeness (QED) is 0.890. The summed E-state index contributed by atoms with van der Waals surface area (Å²) in [6.45, 7) is 2.62. The summed E-state index contributed by atoms with van der Waals surface area (Å²) in [6.07, 6.45) is 1.53. The highest BCUT2D eigenvalue weighted by atomic mass is 16.5. The van der Waals surface area contributed by atoms with Gasteiger partial charge in [-0.2, -0.15) is 5.26 Å². The lowest BCUT2D eigenvalue weighted by Crippen LogP contribution is -2.45. The van der Waals surface area contributed by atoms with E-state index in [4.69, 9.17) is 9.47 Å². The third-order valence-electron chi connectivity index (χ3n) is 3.25. The molecule has 4 nitrogen and oxygen atoms in total. The molecule has 2 unspecified atom stereocenters. The van der Waals surface area contributed by atoms with Gasteiger partial charge in [-0.25, -0.2) is 0 Å². The molecule has 0 saturated carbocycles. The van der Waals surface area contributed by atoms with Crippen LogP contribution in [0.2, 0.25) is 0 Å². The molecule has 1 aliphatic rings. The summed E-state index contributed by atoms with van der Waals surface area (Å²) in [5, 5.41) is 12.8. The molecule has 0 amide bonds. The highest BCUT2D eigenvalue weighted by Gasteiger charge is 2.35. The lowest BCUT2D eigenvalue weighted by Gasteiger charge is -2.35. The van der Waals surface area contributed by atoms with Crippen molar-refractivity contribution >= 4 is 5.69 Å². The Bertz CT molecular complexity index is 438. The molecule has 1 aromatic rings. The van der Waals surface area contributed by atoms with Crippen LogP contribution in [0.15, 0.2) is 24.3 Å². The van der Waals surface area contributed by atoms with Gasteiger partial charge in [0.15, 0.2) is 0 Å². The fourth-order valence-corrected chi connectivity index (χ4v) is 2.28. The first-order chi connectivity index (χ1) is 8.67. The van der Waals surface area contributed by atoms with Crippen molar-refractivity contribution in [3.8, 4) is 11.8 Å². The zero-order valence-electron chi connectivity index (χ0n) is 10.8. The number of anilines is 1. The van der Waals surface area contributed by atoms with E-state index in [9.17, 15) is 5.26 Å². The summed E-state index contributed by atoms with van der Waals surface area (Å²) in [6, 6.07) is 10.0. The molecule has 1 heterocycles. The fourth-order valence-electron chi connectivity index (χ4n) is 2.28. The lowest BCUT2D eigenvalue weighted by atomic mass is 9.88. The van der Waals surface area contributed by atoms with E-state index in [0.717, 1.165) is 11.4 Å². The standard InChI is InChI=1S/C14H18N2O2/c1-11-9-14(10-15,7-8-18-11)16-12-3-5-13(17-2)6-4-12/h3-6,11,16H,7-9H2,1-2H3. The Balaban J connectivity index is 2.12. The smallest absolute Gasteiger partial charge is 0.130 e. The van der Waals surface area contributed by atoms with Crippen molar-refractivity contribution in [1.82, 2.24) is 0 Å². The van der Waals surface area contributed by atoms with E-state index in [2.05, 4.69) is 11.4 Å². The van der Waals surface area contributed by atoms with Gasteiger partial charge >= 0.3 is 0 Å². The molecule has 1 aromatic carbocycles. The Morgan fingerprint density at radius 1 is 1.44 bits per heavy atom. The zero-order chi connectivity index (χ0) is 13.0. The van der Waals surface area contributed by atoms with Crippen molar-refractivity contribution in [2.24, 2.45) is 0 Å². The molecule has 2 atom stereocenters. The van der Waals surface area contributed by atoms with Crippen LogP contribution in [0, 0.1) is 11.3 Å². The van der Waals surface area contributed by atoms with E-state index < -0.39 is 5.54 Å². The summed E-state index contributed by atoms with van der Waals surface area (Å²) in [5.41, 5.74) is 0.415. The summed E-state index contributed by atoms with van der Waals surface area (Å²) < 4.78 is 10.6. The number of nitrogens with zero attached hydrogens (tertiary/aromatic N) is 1. The van der Waals surface area contributed by atoms with Gasteiger partial charge in [-0.05, 0) is 31.2 Å². The van der Waals surface area contributed by atoms with Crippen LogP contribution < -0.4 is 10.1 Å². The Hall–Kier alpha value is -1.73. The molecule has 2 rings (SSSR count). The number of nitrogens with one attached hydrogen (secondary N) is 1. The van der Waals surface area contributed by atoms with Crippen LogP contribution in [0.5, 0.6) is 5.75 Å². The maximum atomic E-state index is 9.43. The second kappa shape index (κ2) is 5.28. The second-order valence-corrected chi connectivity index (χ2v) is 4.68. The number of rotatable bonds is 3.